The van der Waals surface area contributed by atoms with Crippen molar-refractivity contribution in [2.75, 3.05) is 25.9 Å². The number of piperidine rings is 1. The second kappa shape index (κ2) is 11.5. The molecule has 2 aromatic heterocycles. The quantitative estimate of drug-likeness (QED) is 0.171. The van der Waals surface area contributed by atoms with Gasteiger partial charge in [-0.2, -0.15) is 5.10 Å². The molecular weight excluding hydrogens is 520 g/mol. The van der Waals surface area contributed by atoms with Crippen molar-refractivity contribution in [1.82, 2.24) is 19.5 Å². The lowest BCUT2D eigenvalue weighted by Crippen LogP contribution is -2.44. The summed E-state index contributed by atoms with van der Waals surface area (Å²) in [5.41, 5.74) is 4.57. The van der Waals surface area contributed by atoms with E-state index >= 15 is 0 Å². The van der Waals surface area contributed by atoms with Gasteiger partial charge in [0.2, 0.25) is 0 Å². The molecule has 1 N–H and O–H groups in total. The van der Waals surface area contributed by atoms with Gasteiger partial charge in [-0.1, -0.05) is 36.8 Å². The number of likely N-dealkylation sites (tertiary alicyclic amines) is 1. The third kappa shape index (κ3) is 5.66. The highest BCUT2D eigenvalue weighted by Crippen LogP contribution is 2.34. The lowest BCUT2D eigenvalue weighted by Gasteiger charge is -2.35. The fraction of sp³-hybridized carbons (Fsp3) is 0.312. The standard InChI is InChI=1S/C32H34N4O2S.H2O/c1-32(2,22-35-17-7-4-8-18-35)38-25-13-11-23(12-14-25)24-19-33-31-29(20-34-36(31)21-24)27-15-16-30(39(3)37)28-10-6-5-9-26(27)28;/h5-6,9-16,19-21H,4,7-8,17-18,22H2,1-3H3;1H2. The molecule has 0 radical (unpaired) electrons. The van der Waals surface area contributed by atoms with E-state index in [9.17, 15) is 4.21 Å². The predicted octanol–water partition coefficient (Wildman–Crippen LogP) is 6.37. The van der Waals surface area contributed by atoms with Crippen molar-refractivity contribution >= 4 is 27.2 Å². The zero-order valence-electron chi connectivity index (χ0n) is 23.2. The van der Waals surface area contributed by atoms with Gasteiger partial charge in [-0.3, -0.25) is 4.90 Å². The SMILES string of the molecule is C[SH+](=O)c1ccc(-c2cnn3cc(-c4ccc(OC(C)(C)CN5CCCCC5)cc4)cnc23)c2ccccc12.[OH-]. The number of rotatable bonds is 7. The van der Waals surface area contributed by atoms with Crippen molar-refractivity contribution in [3.63, 3.8) is 0 Å². The number of fused-ring (bicyclic) bond motifs is 2. The first kappa shape index (κ1) is 28.0. The van der Waals surface area contributed by atoms with Crippen LogP contribution in [0, 0.1) is 0 Å². The molecule has 3 aromatic carbocycles. The molecule has 1 aliphatic heterocycles. The Bertz CT molecular complexity index is 1660. The second-order valence-corrected chi connectivity index (χ2v) is 12.5. The van der Waals surface area contributed by atoms with Crippen LogP contribution in [-0.2, 0) is 15.0 Å². The number of thiol groups is 1. The number of hydrogen-bond acceptors (Lipinski definition) is 6. The van der Waals surface area contributed by atoms with Gasteiger partial charge in [0.25, 0.3) is 0 Å². The Hall–Kier alpha value is -3.59. The summed E-state index contributed by atoms with van der Waals surface area (Å²) in [6.07, 6.45) is 11.4. The summed E-state index contributed by atoms with van der Waals surface area (Å²) in [6.45, 7) is 7.60. The van der Waals surface area contributed by atoms with E-state index in [1.807, 2.05) is 65.6 Å². The highest BCUT2D eigenvalue weighted by Gasteiger charge is 2.25. The third-order valence-corrected chi connectivity index (χ3v) is 8.59. The van der Waals surface area contributed by atoms with Crippen molar-refractivity contribution in [1.29, 1.82) is 0 Å². The minimum atomic E-state index is -1.44. The number of aromatic nitrogens is 3. The average Bonchev–Trinajstić information content (AvgIpc) is 3.36. The van der Waals surface area contributed by atoms with E-state index in [0.29, 0.717) is 0 Å². The normalized spacial score (nSPS) is 15.2. The molecule has 0 amide bonds. The summed E-state index contributed by atoms with van der Waals surface area (Å²) in [6, 6.07) is 20.3. The van der Waals surface area contributed by atoms with E-state index in [1.165, 1.54) is 19.3 Å². The molecule has 0 spiro atoms. The Balaban J connectivity index is 0.00000323. The minimum absolute atomic E-state index is 0. The van der Waals surface area contributed by atoms with Gasteiger partial charge in [0.05, 0.1) is 6.20 Å². The molecule has 40 heavy (non-hydrogen) atoms. The molecule has 8 heteroatoms. The summed E-state index contributed by atoms with van der Waals surface area (Å²) >= 11 is 0. The van der Waals surface area contributed by atoms with Crippen LogP contribution in [0.2, 0.25) is 0 Å². The third-order valence-electron chi connectivity index (χ3n) is 7.52. The molecule has 0 saturated carbocycles. The Morgan fingerprint density at radius 1 is 0.875 bits per heavy atom. The maximum Gasteiger partial charge on any atom is 0.163 e. The molecule has 5 aromatic rings. The largest absolute Gasteiger partial charge is 0.870 e. The summed E-state index contributed by atoms with van der Waals surface area (Å²) in [5.74, 6) is 0.875. The Morgan fingerprint density at radius 3 is 2.33 bits per heavy atom. The van der Waals surface area contributed by atoms with Gasteiger partial charge in [0.15, 0.2) is 10.5 Å². The molecule has 0 aliphatic carbocycles. The van der Waals surface area contributed by atoms with Crippen LogP contribution >= 0.6 is 0 Å². The number of ether oxygens (including phenoxy) is 1. The fourth-order valence-electron chi connectivity index (χ4n) is 5.73. The first-order valence-corrected chi connectivity index (χ1v) is 15.4. The van der Waals surface area contributed by atoms with Gasteiger partial charge in [-0.15, -0.1) is 4.21 Å². The van der Waals surface area contributed by atoms with Crippen molar-refractivity contribution in [3.05, 3.63) is 79.3 Å². The highest BCUT2D eigenvalue weighted by atomic mass is 32.2. The van der Waals surface area contributed by atoms with E-state index in [2.05, 4.69) is 42.0 Å². The second-order valence-electron chi connectivity index (χ2n) is 11.1. The summed E-state index contributed by atoms with van der Waals surface area (Å²) in [4.78, 5) is 8.20. The van der Waals surface area contributed by atoms with E-state index in [1.54, 1.807) is 6.26 Å². The number of nitrogens with zero attached hydrogens (tertiary/aromatic N) is 4. The van der Waals surface area contributed by atoms with Crippen LogP contribution < -0.4 is 4.74 Å². The van der Waals surface area contributed by atoms with Gasteiger partial charge in [0, 0.05) is 35.5 Å². The van der Waals surface area contributed by atoms with Crippen LogP contribution in [0.25, 0.3) is 38.7 Å². The zero-order valence-corrected chi connectivity index (χ0v) is 24.1. The molecule has 7 nitrogen and oxygen atoms in total. The monoisotopic (exact) mass is 556 g/mol. The molecule has 0 bridgehead atoms. The van der Waals surface area contributed by atoms with Crippen molar-refractivity contribution in [2.45, 2.75) is 43.6 Å². The van der Waals surface area contributed by atoms with Gasteiger partial charge in [-0.05, 0) is 86.6 Å². The highest BCUT2D eigenvalue weighted by molar-refractivity contribution is 7.84. The molecule has 1 aliphatic rings. The molecular formula is C32H36N4O3S. The first-order valence-electron chi connectivity index (χ1n) is 13.7. The predicted molar refractivity (Wildman–Crippen MR) is 162 cm³/mol. The smallest absolute Gasteiger partial charge is 0.163 e. The molecule has 1 atom stereocenters. The zero-order chi connectivity index (χ0) is 27.0. The van der Waals surface area contributed by atoms with E-state index < -0.39 is 10.8 Å². The van der Waals surface area contributed by atoms with Crippen LogP contribution in [0.1, 0.15) is 33.1 Å². The van der Waals surface area contributed by atoms with Crippen LogP contribution in [0.3, 0.4) is 0 Å². The van der Waals surface area contributed by atoms with Crippen molar-refractivity contribution < 1.29 is 14.4 Å². The van der Waals surface area contributed by atoms with Crippen LogP contribution in [0.4, 0.5) is 0 Å². The molecule has 1 unspecified atom stereocenters. The Labute approximate surface area is 237 Å². The average molecular weight is 557 g/mol. The Morgan fingerprint density at radius 2 is 1.60 bits per heavy atom. The Kier molecular flexibility index (Phi) is 8.03. The van der Waals surface area contributed by atoms with Crippen molar-refractivity contribution in [2.24, 2.45) is 0 Å². The van der Waals surface area contributed by atoms with E-state index in [4.69, 9.17) is 9.72 Å². The summed E-state index contributed by atoms with van der Waals surface area (Å²) < 4.78 is 20.5. The summed E-state index contributed by atoms with van der Waals surface area (Å²) in [7, 11) is -1.44. The van der Waals surface area contributed by atoms with Gasteiger partial charge >= 0.3 is 0 Å². The van der Waals surface area contributed by atoms with Gasteiger partial charge < -0.3 is 10.2 Å². The minimum Gasteiger partial charge on any atom is -0.870 e. The van der Waals surface area contributed by atoms with E-state index in [-0.39, 0.29) is 11.1 Å². The lowest BCUT2D eigenvalue weighted by molar-refractivity contribution is 0.0520. The van der Waals surface area contributed by atoms with Crippen LogP contribution in [0.15, 0.2) is 84.1 Å². The van der Waals surface area contributed by atoms with Crippen LogP contribution in [0.5, 0.6) is 5.75 Å². The fourth-order valence-corrected chi connectivity index (χ4v) is 6.55. The molecule has 6 rings (SSSR count). The number of benzene rings is 3. The number of hydrogen-bond donors (Lipinski definition) is 0. The topological polar surface area (TPSA) is 89.7 Å². The molecule has 208 valence electrons. The van der Waals surface area contributed by atoms with E-state index in [0.717, 1.165) is 69.0 Å². The van der Waals surface area contributed by atoms with Crippen LogP contribution in [-0.4, -0.2) is 56.5 Å². The van der Waals surface area contributed by atoms with Gasteiger partial charge in [-0.25, -0.2) is 9.50 Å². The molecule has 1 saturated heterocycles. The van der Waals surface area contributed by atoms with Gasteiger partial charge in [0.1, 0.15) is 28.4 Å². The van der Waals surface area contributed by atoms with Crippen molar-refractivity contribution in [3.8, 4) is 28.0 Å². The summed E-state index contributed by atoms with van der Waals surface area (Å²) in [5, 5.41) is 6.70. The maximum absolute atomic E-state index is 12.3. The molecule has 1 fully saturated rings. The maximum atomic E-state index is 12.3. The lowest BCUT2D eigenvalue weighted by atomic mass is 10.00. The molecule has 3 heterocycles. The first-order chi connectivity index (χ1) is 18.9.